The Bertz CT molecular complexity index is 445. The first-order chi connectivity index (χ1) is 8.56. The average Bonchev–Trinajstić information content (AvgIpc) is 2.32. The molecule has 0 amide bonds. The van der Waals surface area contributed by atoms with Crippen LogP contribution in [0.3, 0.4) is 0 Å². The van der Waals surface area contributed by atoms with E-state index < -0.39 is 4.92 Å². The number of nitrogens with two attached hydrogens (primary N) is 1. The summed E-state index contributed by atoms with van der Waals surface area (Å²) in [5, 5.41) is 14.6. The molecule has 18 heavy (non-hydrogen) atoms. The molecule has 2 rings (SSSR count). The number of nitro benzene ring substituents is 1. The van der Waals surface area contributed by atoms with E-state index in [0.717, 1.165) is 25.7 Å². The summed E-state index contributed by atoms with van der Waals surface area (Å²) in [5.41, 5.74) is 6.39. The molecular weight excluding hydrogens is 254 g/mol. The molecule has 1 aromatic rings. The van der Waals surface area contributed by atoms with Gasteiger partial charge in [0.25, 0.3) is 5.69 Å². The molecule has 6 heteroatoms. The summed E-state index contributed by atoms with van der Waals surface area (Å²) < 4.78 is 0. The van der Waals surface area contributed by atoms with Crippen molar-refractivity contribution < 1.29 is 4.92 Å². The molecule has 0 heterocycles. The molecule has 1 aliphatic carbocycles. The highest BCUT2D eigenvalue weighted by Gasteiger charge is 2.21. The summed E-state index contributed by atoms with van der Waals surface area (Å²) in [4.78, 5) is 10.5. The van der Waals surface area contributed by atoms with Gasteiger partial charge in [0.05, 0.1) is 4.92 Å². The van der Waals surface area contributed by atoms with Crippen molar-refractivity contribution in [3.8, 4) is 0 Å². The van der Waals surface area contributed by atoms with Crippen LogP contribution in [0, 0.1) is 10.1 Å². The Morgan fingerprint density at radius 2 is 2.00 bits per heavy atom. The van der Waals surface area contributed by atoms with E-state index in [1.165, 1.54) is 12.1 Å². The minimum Gasteiger partial charge on any atom is -0.377 e. The number of hydrogen-bond acceptors (Lipinski definition) is 4. The summed E-state index contributed by atoms with van der Waals surface area (Å²) in [6.07, 6.45) is 3.77. The molecular formula is C12H16ClN3O2. The normalized spacial score (nSPS) is 23.7. The van der Waals surface area contributed by atoms with Gasteiger partial charge in [0.2, 0.25) is 0 Å². The molecule has 1 fully saturated rings. The summed E-state index contributed by atoms with van der Waals surface area (Å²) in [6.45, 7) is 0. The Morgan fingerprint density at radius 3 is 2.61 bits per heavy atom. The van der Waals surface area contributed by atoms with Gasteiger partial charge >= 0.3 is 0 Å². The molecule has 3 N–H and O–H groups in total. The number of nitro groups is 1. The fourth-order valence-corrected chi connectivity index (χ4v) is 2.44. The Balaban J connectivity index is 2.12. The molecule has 5 nitrogen and oxygen atoms in total. The average molecular weight is 270 g/mol. The highest BCUT2D eigenvalue weighted by atomic mass is 35.5. The number of hydrogen-bond donors (Lipinski definition) is 2. The predicted octanol–water partition coefficient (Wildman–Crippen LogP) is 2.93. The number of nitrogens with one attached hydrogen (secondary N) is 1. The Labute approximate surface area is 110 Å². The second-order valence-electron chi connectivity index (χ2n) is 4.67. The highest BCUT2D eigenvalue weighted by molar-refractivity contribution is 6.31. The lowest BCUT2D eigenvalue weighted by Gasteiger charge is -2.27. The molecule has 1 aliphatic rings. The monoisotopic (exact) mass is 269 g/mol. The van der Waals surface area contributed by atoms with Crippen molar-refractivity contribution in [2.75, 3.05) is 5.32 Å². The zero-order chi connectivity index (χ0) is 13.1. The van der Waals surface area contributed by atoms with Crippen molar-refractivity contribution in [1.82, 2.24) is 0 Å². The van der Waals surface area contributed by atoms with Gasteiger partial charge in [0, 0.05) is 23.2 Å². The molecule has 1 saturated carbocycles. The van der Waals surface area contributed by atoms with Gasteiger partial charge in [-0.15, -0.1) is 0 Å². The van der Waals surface area contributed by atoms with Gasteiger partial charge in [-0.05, 0) is 37.8 Å². The Hall–Kier alpha value is -1.33. The first kappa shape index (κ1) is 13.1. The van der Waals surface area contributed by atoms with Crippen LogP contribution in [0.4, 0.5) is 11.4 Å². The van der Waals surface area contributed by atoms with Crippen molar-refractivity contribution in [1.29, 1.82) is 0 Å². The van der Waals surface area contributed by atoms with Crippen LogP contribution in [0.2, 0.25) is 5.02 Å². The fourth-order valence-electron chi connectivity index (χ4n) is 2.27. The lowest BCUT2D eigenvalue weighted by molar-refractivity contribution is -0.384. The van der Waals surface area contributed by atoms with Crippen molar-refractivity contribution in [3.05, 3.63) is 33.3 Å². The first-order valence-corrected chi connectivity index (χ1v) is 6.40. The van der Waals surface area contributed by atoms with Crippen LogP contribution >= 0.6 is 11.6 Å². The topological polar surface area (TPSA) is 81.2 Å². The van der Waals surface area contributed by atoms with Crippen molar-refractivity contribution >= 4 is 23.0 Å². The molecule has 1 aromatic carbocycles. The van der Waals surface area contributed by atoms with Crippen LogP contribution in [0.15, 0.2) is 18.2 Å². The van der Waals surface area contributed by atoms with Gasteiger partial charge in [-0.3, -0.25) is 10.1 Å². The number of halogens is 1. The smallest absolute Gasteiger partial charge is 0.292 e. The number of anilines is 1. The molecule has 0 aromatic heterocycles. The fraction of sp³-hybridized carbons (Fsp3) is 0.500. The van der Waals surface area contributed by atoms with E-state index in [9.17, 15) is 10.1 Å². The van der Waals surface area contributed by atoms with Crippen LogP contribution in [-0.4, -0.2) is 17.0 Å². The van der Waals surface area contributed by atoms with Gasteiger partial charge < -0.3 is 11.1 Å². The molecule has 0 atom stereocenters. The van der Waals surface area contributed by atoms with E-state index in [2.05, 4.69) is 5.32 Å². The van der Waals surface area contributed by atoms with E-state index in [4.69, 9.17) is 17.3 Å². The minimum atomic E-state index is -0.396. The Morgan fingerprint density at radius 1 is 1.33 bits per heavy atom. The van der Waals surface area contributed by atoms with Gasteiger partial charge in [0.1, 0.15) is 5.69 Å². The number of rotatable bonds is 3. The molecule has 0 unspecified atom stereocenters. The van der Waals surface area contributed by atoms with Crippen LogP contribution in [-0.2, 0) is 0 Å². The van der Waals surface area contributed by atoms with E-state index in [0.29, 0.717) is 10.7 Å². The molecule has 0 bridgehead atoms. The third kappa shape index (κ3) is 3.11. The zero-order valence-electron chi connectivity index (χ0n) is 9.93. The maximum Gasteiger partial charge on any atom is 0.292 e. The standard InChI is InChI=1S/C12H16ClN3O2/c13-8-1-6-12(16(17)18)11(7-8)15-10-4-2-9(14)3-5-10/h1,6-7,9-10,15H,2-5,14H2. The quantitative estimate of drug-likeness (QED) is 0.653. The summed E-state index contributed by atoms with van der Waals surface area (Å²) in [7, 11) is 0. The van der Waals surface area contributed by atoms with E-state index in [-0.39, 0.29) is 17.8 Å². The van der Waals surface area contributed by atoms with Crippen molar-refractivity contribution in [2.24, 2.45) is 5.73 Å². The predicted molar refractivity (Wildman–Crippen MR) is 72.0 cm³/mol. The zero-order valence-corrected chi connectivity index (χ0v) is 10.7. The van der Waals surface area contributed by atoms with Gasteiger partial charge in [-0.2, -0.15) is 0 Å². The van der Waals surface area contributed by atoms with E-state index in [1.807, 2.05) is 0 Å². The van der Waals surface area contributed by atoms with Crippen LogP contribution in [0.5, 0.6) is 0 Å². The molecule has 0 saturated heterocycles. The third-order valence-electron chi connectivity index (χ3n) is 3.29. The molecule has 98 valence electrons. The third-order valence-corrected chi connectivity index (χ3v) is 3.52. The van der Waals surface area contributed by atoms with Gasteiger partial charge in [0.15, 0.2) is 0 Å². The maximum atomic E-state index is 10.9. The first-order valence-electron chi connectivity index (χ1n) is 6.02. The van der Waals surface area contributed by atoms with Gasteiger partial charge in [-0.1, -0.05) is 11.6 Å². The number of benzene rings is 1. The second-order valence-corrected chi connectivity index (χ2v) is 5.11. The van der Waals surface area contributed by atoms with Crippen LogP contribution in [0.1, 0.15) is 25.7 Å². The van der Waals surface area contributed by atoms with Crippen molar-refractivity contribution in [3.63, 3.8) is 0 Å². The van der Waals surface area contributed by atoms with Gasteiger partial charge in [-0.25, -0.2) is 0 Å². The van der Waals surface area contributed by atoms with E-state index >= 15 is 0 Å². The largest absolute Gasteiger partial charge is 0.377 e. The van der Waals surface area contributed by atoms with Crippen molar-refractivity contribution in [2.45, 2.75) is 37.8 Å². The van der Waals surface area contributed by atoms with E-state index in [1.54, 1.807) is 6.07 Å². The second kappa shape index (κ2) is 5.54. The lowest BCUT2D eigenvalue weighted by atomic mass is 9.91. The van der Waals surface area contributed by atoms with Crippen LogP contribution in [0.25, 0.3) is 0 Å². The maximum absolute atomic E-state index is 10.9. The minimum absolute atomic E-state index is 0.0641. The lowest BCUT2D eigenvalue weighted by Crippen LogP contribution is -2.32. The summed E-state index contributed by atoms with van der Waals surface area (Å²) in [6, 6.07) is 5.06. The van der Waals surface area contributed by atoms with Crippen LogP contribution < -0.4 is 11.1 Å². The SMILES string of the molecule is NC1CCC(Nc2cc(Cl)ccc2[N+](=O)[O-])CC1. The summed E-state index contributed by atoms with van der Waals surface area (Å²) in [5.74, 6) is 0. The Kier molecular flexibility index (Phi) is 4.04. The molecule has 0 aliphatic heterocycles. The highest BCUT2D eigenvalue weighted by Crippen LogP contribution is 2.30. The molecule has 0 spiro atoms. The molecule has 0 radical (unpaired) electrons. The summed E-state index contributed by atoms with van der Waals surface area (Å²) >= 11 is 5.88. The number of nitrogens with zero attached hydrogens (tertiary/aromatic N) is 1.